The predicted molar refractivity (Wildman–Crippen MR) is 89.0 cm³/mol. The fourth-order valence-electron chi connectivity index (χ4n) is 2.52. The quantitative estimate of drug-likeness (QED) is 0.790. The highest BCUT2D eigenvalue weighted by Crippen LogP contribution is 2.36. The summed E-state index contributed by atoms with van der Waals surface area (Å²) in [6.07, 6.45) is 1.78. The first-order valence-corrected chi connectivity index (χ1v) is 8.01. The number of thioether (sulfide) groups is 1. The van der Waals surface area contributed by atoms with E-state index in [0.717, 1.165) is 10.5 Å². The molecule has 0 aromatic heterocycles. The van der Waals surface area contributed by atoms with Crippen LogP contribution in [-0.4, -0.2) is 25.8 Å². The largest absolute Gasteiger partial charge is 0.493 e. The van der Waals surface area contributed by atoms with Crippen molar-refractivity contribution in [3.63, 3.8) is 0 Å². The third-order valence-corrected chi connectivity index (χ3v) is 4.75. The topological polar surface area (TPSA) is 35.5 Å². The first-order valence-electron chi connectivity index (χ1n) is 7.02. The fraction of sp³-hybridized carbons (Fsp3) is 0.167. The maximum atomic E-state index is 13.4. The molecular weight excluding hydrogens is 315 g/mol. The number of hydrogen-bond acceptors (Lipinski definition) is 4. The molecule has 0 amide bonds. The van der Waals surface area contributed by atoms with E-state index in [4.69, 9.17) is 9.47 Å². The van der Waals surface area contributed by atoms with Gasteiger partial charge >= 0.3 is 0 Å². The zero-order valence-corrected chi connectivity index (χ0v) is 13.6. The first kappa shape index (κ1) is 15.6. The van der Waals surface area contributed by atoms with E-state index in [1.807, 2.05) is 12.1 Å². The van der Waals surface area contributed by atoms with Gasteiger partial charge in [-0.3, -0.25) is 4.79 Å². The lowest BCUT2D eigenvalue weighted by molar-refractivity contribution is 0.103. The normalized spacial score (nSPS) is 15.4. The van der Waals surface area contributed by atoms with E-state index < -0.39 is 5.82 Å². The van der Waals surface area contributed by atoms with Gasteiger partial charge in [-0.1, -0.05) is 12.1 Å². The Kier molecular flexibility index (Phi) is 4.39. The molecule has 5 heteroatoms. The van der Waals surface area contributed by atoms with E-state index in [1.54, 1.807) is 32.4 Å². The van der Waals surface area contributed by atoms with Crippen LogP contribution in [0.1, 0.15) is 15.9 Å². The van der Waals surface area contributed by atoms with Crippen LogP contribution in [-0.2, 0) is 0 Å². The van der Waals surface area contributed by atoms with E-state index >= 15 is 0 Å². The molecule has 3 rings (SSSR count). The van der Waals surface area contributed by atoms with Gasteiger partial charge in [-0.25, -0.2) is 4.39 Å². The summed E-state index contributed by atoms with van der Waals surface area (Å²) in [5.74, 6) is 1.16. The predicted octanol–water partition coefficient (Wildman–Crippen LogP) is 4.21. The van der Waals surface area contributed by atoms with Gasteiger partial charge < -0.3 is 9.47 Å². The number of hydrogen-bond donors (Lipinski definition) is 0. The smallest absolute Gasteiger partial charge is 0.191 e. The van der Waals surface area contributed by atoms with Crippen LogP contribution in [0.5, 0.6) is 11.5 Å². The average molecular weight is 330 g/mol. The number of methoxy groups -OCH3 is 2. The maximum Gasteiger partial charge on any atom is 0.191 e. The Morgan fingerprint density at radius 3 is 2.74 bits per heavy atom. The Balaban J connectivity index is 2.03. The minimum atomic E-state index is -0.405. The summed E-state index contributed by atoms with van der Waals surface area (Å²) in [4.78, 5) is 13.4. The minimum absolute atomic E-state index is 0.150. The Hall–Kier alpha value is -2.27. The van der Waals surface area contributed by atoms with Crippen LogP contribution in [0.25, 0.3) is 6.08 Å². The summed E-state index contributed by atoms with van der Waals surface area (Å²) >= 11 is 1.52. The summed E-state index contributed by atoms with van der Waals surface area (Å²) in [6, 6.07) is 9.80. The van der Waals surface area contributed by atoms with Gasteiger partial charge in [0.2, 0.25) is 0 Å². The standard InChI is InChI=1S/C18H15FO3S/c1-21-15-5-3-4-11(18(15)22-2)8-12-10-23-16-7-6-13(19)9-14(16)17(12)20/h3-9H,10H2,1-2H3/b12-8+. The summed E-state index contributed by atoms with van der Waals surface area (Å²) < 4.78 is 24.1. The molecule has 0 fully saturated rings. The van der Waals surface area contributed by atoms with Crippen molar-refractivity contribution in [2.24, 2.45) is 0 Å². The van der Waals surface area contributed by atoms with Crippen molar-refractivity contribution >= 4 is 23.6 Å². The third-order valence-electron chi connectivity index (χ3n) is 3.62. The minimum Gasteiger partial charge on any atom is -0.493 e. The maximum absolute atomic E-state index is 13.4. The molecule has 118 valence electrons. The SMILES string of the molecule is COc1cccc(/C=C2\CSc3ccc(F)cc3C2=O)c1OC. The van der Waals surface area contributed by atoms with E-state index in [2.05, 4.69) is 0 Å². The molecule has 0 saturated heterocycles. The van der Waals surface area contributed by atoms with Crippen molar-refractivity contribution in [2.45, 2.75) is 4.90 Å². The van der Waals surface area contributed by atoms with Crippen LogP contribution in [0.15, 0.2) is 46.9 Å². The van der Waals surface area contributed by atoms with E-state index in [9.17, 15) is 9.18 Å². The number of Topliss-reactive ketones (excluding diaryl/α,β-unsaturated/α-hetero) is 1. The summed E-state index contributed by atoms with van der Waals surface area (Å²) in [5.41, 5.74) is 1.78. The number of ketones is 1. The fourth-order valence-corrected chi connectivity index (χ4v) is 3.52. The number of halogens is 1. The van der Waals surface area contributed by atoms with Crippen molar-refractivity contribution in [1.29, 1.82) is 0 Å². The molecule has 0 spiro atoms. The molecule has 0 unspecified atom stereocenters. The van der Waals surface area contributed by atoms with Crippen molar-refractivity contribution in [3.8, 4) is 11.5 Å². The van der Waals surface area contributed by atoms with Crippen LogP contribution in [0.4, 0.5) is 4.39 Å². The molecule has 0 saturated carbocycles. The molecule has 0 bridgehead atoms. The van der Waals surface area contributed by atoms with Gasteiger partial charge in [0.05, 0.1) is 14.2 Å². The molecule has 2 aromatic rings. The molecule has 0 radical (unpaired) electrons. The van der Waals surface area contributed by atoms with Gasteiger partial charge in [0.15, 0.2) is 17.3 Å². The highest BCUT2D eigenvalue weighted by molar-refractivity contribution is 7.99. The zero-order valence-electron chi connectivity index (χ0n) is 12.8. The van der Waals surface area contributed by atoms with Gasteiger partial charge in [0, 0.05) is 27.3 Å². The zero-order chi connectivity index (χ0) is 16.4. The van der Waals surface area contributed by atoms with Crippen LogP contribution in [0.3, 0.4) is 0 Å². The lowest BCUT2D eigenvalue weighted by Crippen LogP contribution is -2.12. The summed E-state index contributed by atoms with van der Waals surface area (Å²) in [5, 5.41) is 0. The molecule has 0 N–H and O–H groups in total. The van der Waals surface area contributed by atoms with E-state index in [1.165, 1.54) is 23.9 Å². The summed E-state index contributed by atoms with van der Waals surface area (Å²) in [6.45, 7) is 0. The number of rotatable bonds is 3. The van der Waals surface area contributed by atoms with Crippen LogP contribution in [0, 0.1) is 5.82 Å². The van der Waals surface area contributed by atoms with Gasteiger partial charge in [-0.15, -0.1) is 11.8 Å². The third kappa shape index (κ3) is 2.97. The van der Waals surface area contributed by atoms with Gasteiger partial charge in [0.1, 0.15) is 5.82 Å². The van der Waals surface area contributed by atoms with Crippen LogP contribution < -0.4 is 9.47 Å². The van der Waals surface area contributed by atoms with E-state index in [-0.39, 0.29) is 5.78 Å². The van der Waals surface area contributed by atoms with Gasteiger partial charge in [0.25, 0.3) is 0 Å². The monoisotopic (exact) mass is 330 g/mol. The van der Waals surface area contributed by atoms with Gasteiger partial charge in [-0.2, -0.15) is 0 Å². The van der Waals surface area contributed by atoms with Crippen LogP contribution >= 0.6 is 11.8 Å². The average Bonchev–Trinajstić information content (AvgIpc) is 2.57. The lowest BCUT2D eigenvalue weighted by Gasteiger charge is -2.17. The molecule has 1 aliphatic heterocycles. The Labute approximate surface area is 138 Å². The number of carbonyl (C=O) groups excluding carboxylic acids is 1. The Morgan fingerprint density at radius 2 is 2.00 bits per heavy atom. The molecule has 1 heterocycles. The second kappa shape index (κ2) is 6.46. The van der Waals surface area contributed by atoms with Crippen molar-refractivity contribution in [3.05, 3.63) is 58.9 Å². The number of fused-ring (bicyclic) bond motifs is 1. The molecule has 1 aliphatic rings. The number of carbonyl (C=O) groups is 1. The second-order valence-corrected chi connectivity index (χ2v) is 6.03. The Bertz CT molecular complexity index is 799. The molecule has 0 atom stereocenters. The molecule has 3 nitrogen and oxygen atoms in total. The van der Waals surface area contributed by atoms with Gasteiger partial charge in [-0.05, 0) is 30.3 Å². The van der Waals surface area contributed by atoms with Crippen molar-refractivity contribution < 1.29 is 18.7 Å². The van der Waals surface area contributed by atoms with Crippen molar-refractivity contribution in [2.75, 3.05) is 20.0 Å². The molecule has 23 heavy (non-hydrogen) atoms. The highest BCUT2D eigenvalue weighted by atomic mass is 32.2. The number of para-hydroxylation sites is 1. The molecule has 0 aliphatic carbocycles. The number of benzene rings is 2. The highest BCUT2D eigenvalue weighted by Gasteiger charge is 2.23. The first-order chi connectivity index (χ1) is 11.1. The number of ether oxygens (including phenoxy) is 2. The summed E-state index contributed by atoms with van der Waals surface area (Å²) in [7, 11) is 3.12. The Morgan fingerprint density at radius 1 is 1.17 bits per heavy atom. The van der Waals surface area contributed by atoms with E-state index in [0.29, 0.717) is 28.4 Å². The lowest BCUT2D eigenvalue weighted by atomic mass is 10.0. The second-order valence-electron chi connectivity index (χ2n) is 5.01. The molecule has 2 aromatic carbocycles. The van der Waals surface area contributed by atoms with Crippen LogP contribution in [0.2, 0.25) is 0 Å². The van der Waals surface area contributed by atoms with Crippen molar-refractivity contribution in [1.82, 2.24) is 0 Å². The molecular formula is C18H15FO3S.